The Morgan fingerprint density at radius 1 is 1.19 bits per heavy atom. The van der Waals surface area contributed by atoms with Crippen molar-refractivity contribution in [3.05, 3.63) is 52.2 Å². The second-order valence-electron chi connectivity index (χ2n) is 5.99. The Bertz CT molecular complexity index is 714. The first kappa shape index (κ1) is 20.8. The highest BCUT2D eigenvalue weighted by molar-refractivity contribution is 7.12. The number of aliphatic imine (C=N–C) groups is 1. The van der Waals surface area contributed by atoms with Gasteiger partial charge in [0.05, 0.1) is 11.5 Å². The Kier molecular flexibility index (Phi) is 8.64. The van der Waals surface area contributed by atoms with Crippen molar-refractivity contribution in [2.24, 2.45) is 4.99 Å². The number of nitrogens with one attached hydrogen (secondary N) is 2. The number of amides is 1. The molecule has 1 aromatic heterocycles. The van der Waals surface area contributed by atoms with Crippen LogP contribution in [0.4, 0.5) is 0 Å². The molecule has 1 amide bonds. The molecule has 0 spiro atoms. The second kappa shape index (κ2) is 11.2. The third-order valence-electron chi connectivity index (χ3n) is 3.89. The molecule has 2 N–H and O–H groups in total. The highest BCUT2D eigenvalue weighted by atomic mass is 32.1. The van der Waals surface area contributed by atoms with Gasteiger partial charge in [0.15, 0.2) is 5.96 Å². The maximum Gasteiger partial charge on any atom is 0.261 e. The van der Waals surface area contributed by atoms with E-state index in [4.69, 9.17) is 4.74 Å². The average molecular weight is 389 g/mol. The lowest BCUT2D eigenvalue weighted by Crippen LogP contribution is -2.39. The van der Waals surface area contributed by atoms with E-state index in [-0.39, 0.29) is 5.91 Å². The smallest absolute Gasteiger partial charge is 0.261 e. The molecule has 1 aromatic carbocycles. The molecule has 0 aliphatic heterocycles. The Labute approximate surface area is 165 Å². The fraction of sp³-hybridized carbons (Fsp3) is 0.400. The SMILES string of the molecule is CCOc1ccc(CN(C)C(=NC)NCCCNC(=O)c2cccs2)cc1. The van der Waals surface area contributed by atoms with Crippen LogP contribution in [0.3, 0.4) is 0 Å². The number of carbonyl (C=O) groups excluding carboxylic acids is 1. The van der Waals surface area contributed by atoms with Crippen LogP contribution in [0.25, 0.3) is 0 Å². The van der Waals surface area contributed by atoms with E-state index >= 15 is 0 Å². The van der Waals surface area contributed by atoms with Crippen LogP contribution >= 0.6 is 11.3 Å². The van der Waals surface area contributed by atoms with E-state index in [1.165, 1.54) is 16.9 Å². The van der Waals surface area contributed by atoms with Gasteiger partial charge in [0.25, 0.3) is 5.91 Å². The van der Waals surface area contributed by atoms with Gasteiger partial charge in [0, 0.05) is 33.7 Å². The molecule has 6 nitrogen and oxygen atoms in total. The lowest BCUT2D eigenvalue weighted by molar-refractivity contribution is 0.0957. The molecular weight excluding hydrogens is 360 g/mol. The van der Waals surface area contributed by atoms with Gasteiger partial charge < -0.3 is 20.3 Å². The minimum atomic E-state index is -0.0120. The maximum atomic E-state index is 11.9. The molecule has 1 heterocycles. The summed E-state index contributed by atoms with van der Waals surface area (Å²) < 4.78 is 5.47. The quantitative estimate of drug-likeness (QED) is 0.394. The van der Waals surface area contributed by atoms with Gasteiger partial charge in [0.2, 0.25) is 0 Å². The Balaban J connectivity index is 1.70. The molecule has 0 atom stereocenters. The van der Waals surface area contributed by atoms with Crippen LogP contribution < -0.4 is 15.4 Å². The summed E-state index contributed by atoms with van der Waals surface area (Å²) in [4.78, 5) is 19.0. The van der Waals surface area contributed by atoms with Crippen molar-refractivity contribution in [2.45, 2.75) is 19.9 Å². The van der Waals surface area contributed by atoms with Gasteiger partial charge in [-0.1, -0.05) is 18.2 Å². The van der Waals surface area contributed by atoms with Crippen molar-refractivity contribution >= 4 is 23.2 Å². The minimum absolute atomic E-state index is 0.0120. The first-order valence-electron chi connectivity index (χ1n) is 9.09. The van der Waals surface area contributed by atoms with Crippen LogP contribution in [-0.2, 0) is 6.54 Å². The lowest BCUT2D eigenvalue weighted by atomic mass is 10.2. The number of benzene rings is 1. The molecule has 0 radical (unpaired) electrons. The van der Waals surface area contributed by atoms with Crippen LogP contribution in [0.15, 0.2) is 46.8 Å². The molecule has 2 rings (SSSR count). The van der Waals surface area contributed by atoms with Crippen LogP contribution in [0, 0.1) is 0 Å². The molecule has 0 saturated heterocycles. The minimum Gasteiger partial charge on any atom is -0.494 e. The predicted octanol–water partition coefficient (Wildman–Crippen LogP) is 2.97. The standard InChI is InChI=1S/C20H28N4O2S/c1-4-26-17-10-8-16(9-11-17)15-24(3)20(21-2)23-13-6-12-22-19(25)18-7-5-14-27-18/h5,7-11,14H,4,6,12-13,15H2,1-3H3,(H,21,23)(H,22,25). The van der Waals surface area contributed by atoms with E-state index in [9.17, 15) is 4.79 Å². The van der Waals surface area contributed by atoms with Gasteiger partial charge in [-0.25, -0.2) is 0 Å². The van der Waals surface area contributed by atoms with Crippen LogP contribution in [0.5, 0.6) is 5.75 Å². The Morgan fingerprint density at radius 3 is 2.56 bits per heavy atom. The Hall–Kier alpha value is -2.54. The van der Waals surface area contributed by atoms with Gasteiger partial charge >= 0.3 is 0 Å². The summed E-state index contributed by atoms with van der Waals surface area (Å²) in [6.45, 7) is 4.77. The lowest BCUT2D eigenvalue weighted by Gasteiger charge is -2.22. The monoisotopic (exact) mass is 388 g/mol. The summed E-state index contributed by atoms with van der Waals surface area (Å²) in [7, 11) is 3.78. The average Bonchev–Trinajstić information content (AvgIpc) is 3.21. The number of hydrogen-bond donors (Lipinski definition) is 2. The van der Waals surface area contributed by atoms with Gasteiger partial charge in [-0.2, -0.15) is 0 Å². The van der Waals surface area contributed by atoms with Crippen molar-refractivity contribution in [1.29, 1.82) is 0 Å². The van der Waals surface area contributed by atoms with Crippen molar-refractivity contribution in [2.75, 3.05) is 33.8 Å². The van der Waals surface area contributed by atoms with Crippen molar-refractivity contribution in [1.82, 2.24) is 15.5 Å². The van der Waals surface area contributed by atoms with Gasteiger partial charge in [-0.05, 0) is 42.5 Å². The molecule has 0 fully saturated rings. The first-order chi connectivity index (χ1) is 13.1. The topological polar surface area (TPSA) is 66.0 Å². The number of nitrogens with zero attached hydrogens (tertiary/aromatic N) is 2. The van der Waals surface area contributed by atoms with E-state index in [2.05, 4.69) is 32.7 Å². The fourth-order valence-corrected chi connectivity index (χ4v) is 3.22. The maximum absolute atomic E-state index is 11.9. The van der Waals surface area contributed by atoms with Gasteiger partial charge in [-0.3, -0.25) is 9.79 Å². The summed E-state index contributed by atoms with van der Waals surface area (Å²) in [6.07, 6.45) is 0.826. The number of guanidine groups is 1. The van der Waals surface area contributed by atoms with E-state index < -0.39 is 0 Å². The highest BCUT2D eigenvalue weighted by Crippen LogP contribution is 2.13. The van der Waals surface area contributed by atoms with Crippen molar-refractivity contribution < 1.29 is 9.53 Å². The van der Waals surface area contributed by atoms with E-state index in [1.54, 1.807) is 7.05 Å². The molecule has 0 unspecified atom stereocenters. The van der Waals surface area contributed by atoms with E-state index in [1.807, 2.05) is 43.6 Å². The molecule has 0 aliphatic carbocycles. The normalized spacial score (nSPS) is 11.1. The highest BCUT2D eigenvalue weighted by Gasteiger charge is 2.07. The summed E-state index contributed by atoms with van der Waals surface area (Å²) in [6, 6.07) is 11.8. The molecule has 0 saturated carbocycles. The summed E-state index contributed by atoms with van der Waals surface area (Å²) in [5.41, 5.74) is 1.19. The van der Waals surface area contributed by atoms with Crippen molar-refractivity contribution in [3.63, 3.8) is 0 Å². The zero-order chi connectivity index (χ0) is 19.5. The first-order valence-corrected chi connectivity index (χ1v) is 9.97. The number of carbonyl (C=O) groups is 1. The zero-order valence-corrected chi connectivity index (χ0v) is 17.0. The van der Waals surface area contributed by atoms with Crippen LogP contribution in [-0.4, -0.2) is 50.6 Å². The number of hydrogen-bond acceptors (Lipinski definition) is 4. The molecule has 2 aromatic rings. The molecule has 27 heavy (non-hydrogen) atoms. The third-order valence-corrected chi connectivity index (χ3v) is 4.76. The molecular formula is C20H28N4O2S. The summed E-state index contributed by atoms with van der Waals surface area (Å²) in [5, 5.41) is 8.16. The molecule has 0 bridgehead atoms. The Morgan fingerprint density at radius 2 is 1.93 bits per heavy atom. The van der Waals surface area contributed by atoms with Crippen LogP contribution in [0.2, 0.25) is 0 Å². The molecule has 0 aliphatic rings. The fourth-order valence-electron chi connectivity index (χ4n) is 2.58. The van der Waals surface area contributed by atoms with E-state index in [0.29, 0.717) is 13.2 Å². The van der Waals surface area contributed by atoms with Crippen molar-refractivity contribution in [3.8, 4) is 5.75 Å². The second-order valence-corrected chi connectivity index (χ2v) is 6.94. The van der Waals surface area contributed by atoms with Gasteiger partial charge in [-0.15, -0.1) is 11.3 Å². The summed E-state index contributed by atoms with van der Waals surface area (Å²) in [5.74, 6) is 1.70. The molecule has 146 valence electrons. The number of thiophene rings is 1. The van der Waals surface area contributed by atoms with Crippen LogP contribution in [0.1, 0.15) is 28.6 Å². The third kappa shape index (κ3) is 6.94. The number of rotatable bonds is 9. The zero-order valence-electron chi connectivity index (χ0n) is 16.2. The number of ether oxygens (including phenoxy) is 1. The largest absolute Gasteiger partial charge is 0.494 e. The van der Waals surface area contributed by atoms with E-state index in [0.717, 1.165) is 36.1 Å². The van der Waals surface area contributed by atoms with Gasteiger partial charge in [0.1, 0.15) is 5.75 Å². The molecule has 7 heteroatoms. The predicted molar refractivity (Wildman–Crippen MR) is 112 cm³/mol. The summed E-state index contributed by atoms with van der Waals surface area (Å²) >= 11 is 1.45.